The van der Waals surface area contributed by atoms with Gasteiger partial charge >= 0.3 is 0 Å². The molecule has 1 aromatic carbocycles. The molecule has 1 aliphatic rings. The van der Waals surface area contributed by atoms with Gasteiger partial charge in [0, 0.05) is 17.6 Å². The highest BCUT2D eigenvalue weighted by Gasteiger charge is 2.20. The van der Waals surface area contributed by atoms with Crippen molar-refractivity contribution in [1.82, 2.24) is 10.3 Å². The molecule has 0 radical (unpaired) electrons. The van der Waals surface area contributed by atoms with E-state index in [1.807, 2.05) is 19.2 Å². The van der Waals surface area contributed by atoms with E-state index >= 15 is 0 Å². The van der Waals surface area contributed by atoms with Crippen molar-refractivity contribution in [3.05, 3.63) is 39.0 Å². The summed E-state index contributed by atoms with van der Waals surface area (Å²) in [5.41, 5.74) is 4.76. The first kappa shape index (κ1) is 12.2. The first-order valence-corrected chi connectivity index (χ1v) is 6.91. The van der Waals surface area contributed by atoms with Crippen molar-refractivity contribution >= 4 is 34.1 Å². The molecule has 0 atom stereocenters. The Balaban J connectivity index is 2.37. The van der Waals surface area contributed by atoms with Crippen LogP contribution in [0.15, 0.2) is 12.1 Å². The molecule has 1 aliphatic carbocycles. The topological polar surface area (TPSA) is 24.9 Å². The van der Waals surface area contributed by atoms with E-state index in [0.29, 0.717) is 10.0 Å². The number of pyridine rings is 1. The average Bonchev–Trinajstić information content (AvgIpc) is 2.82. The maximum absolute atomic E-state index is 6.29. The van der Waals surface area contributed by atoms with Crippen LogP contribution < -0.4 is 5.32 Å². The lowest BCUT2D eigenvalue weighted by Gasteiger charge is -2.13. The zero-order valence-corrected chi connectivity index (χ0v) is 11.7. The van der Waals surface area contributed by atoms with Crippen LogP contribution in [0.5, 0.6) is 0 Å². The van der Waals surface area contributed by atoms with E-state index in [9.17, 15) is 0 Å². The molecule has 1 N–H and O–H groups in total. The zero-order valence-electron chi connectivity index (χ0n) is 10.2. The largest absolute Gasteiger partial charge is 0.316 e. The standard InChI is InChI=1S/C14H14Cl2N2/c1-17-7-10-8-3-2-4-12(8)18-14-9(10)5-6-11(15)13(14)16/h5-6,17H,2-4,7H2,1H3. The Hall–Kier alpha value is -0.830. The van der Waals surface area contributed by atoms with E-state index < -0.39 is 0 Å². The van der Waals surface area contributed by atoms with Gasteiger partial charge < -0.3 is 5.32 Å². The molecule has 1 aromatic heterocycles. The van der Waals surface area contributed by atoms with Crippen molar-refractivity contribution in [3.63, 3.8) is 0 Å². The molecule has 0 saturated heterocycles. The molecule has 1 heterocycles. The van der Waals surface area contributed by atoms with Gasteiger partial charge in [0.1, 0.15) is 0 Å². The third-order valence-electron chi connectivity index (χ3n) is 3.55. The van der Waals surface area contributed by atoms with E-state index in [2.05, 4.69) is 5.32 Å². The maximum Gasteiger partial charge on any atom is 0.0910 e. The Morgan fingerprint density at radius 3 is 2.89 bits per heavy atom. The van der Waals surface area contributed by atoms with Gasteiger partial charge in [-0.15, -0.1) is 0 Å². The van der Waals surface area contributed by atoms with Gasteiger partial charge in [-0.25, -0.2) is 0 Å². The molecule has 0 fully saturated rings. The van der Waals surface area contributed by atoms with Crippen LogP contribution in [0.3, 0.4) is 0 Å². The number of aryl methyl sites for hydroxylation is 1. The SMILES string of the molecule is CNCc1c2c(nc3c(Cl)c(Cl)ccc13)CCC2. The molecule has 4 heteroatoms. The Bertz CT molecular complexity index is 623. The van der Waals surface area contributed by atoms with E-state index in [-0.39, 0.29) is 0 Å². The number of rotatable bonds is 2. The molecule has 2 aromatic rings. The van der Waals surface area contributed by atoms with Crippen LogP contribution in [0.2, 0.25) is 10.0 Å². The fourth-order valence-corrected chi connectivity index (χ4v) is 3.10. The minimum Gasteiger partial charge on any atom is -0.316 e. The molecule has 94 valence electrons. The Morgan fingerprint density at radius 1 is 1.28 bits per heavy atom. The van der Waals surface area contributed by atoms with E-state index in [1.54, 1.807) is 0 Å². The van der Waals surface area contributed by atoms with Crippen LogP contribution in [-0.4, -0.2) is 12.0 Å². The van der Waals surface area contributed by atoms with Crippen LogP contribution in [0, 0.1) is 0 Å². The maximum atomic E-state index is 6.29. The molecule has 0 bridgehead atoms. The summed E-state index contributed by atoms with van der Waals surface area (Å²) in [7, 11) is 1.96. The first-order chi connectivity index (χ1) is 8.72. The monoisotopic (exact) mass is 280 g/mol. The van der Waals surface area contributed by atoms with E-state index in [1.165, 1.54) is 23.2 Å². The second-order valence-electron chi connectivity index (χ2n) is 4.66. The van der Waals surface area contributed by atoms with Crippen LogP contribution in [0.1, 0.15) is 23.2 Å². The van der Waals surface area contributed by atoms with Gasteiger partial charge in [0.2, 0.25) is 0 Å². The lowest BCUT2D eigenvalue weighted by molar-refractivity contribution is 0.809. The van der Waals surface area contributed by atoms with Crippen molar-refractivity contribution in [3.8, 4) is 0 Å². The van der Waals surface area contributed by atoms with Crippen molar-refractivity contribution < 1.29 is 0 Å². The van der Waals surface area contributed by atoms with Gasteiger partial charge in [-0.2, -0.15) is 0 Å². The zero-order chi connectivity index (χ0) is 12.7. The summed E-state index contributed by atoms with van der Waals surface area (Å²) < 4.78 is 0. The molecule has 0 amide bonds. The Kier molecular flexibility index (Phi) is 3.18. The van der Waals surface area contributed by atoms with Gasteiger partial charge in [-0.1, -0.05) is 29.3 Å². The highest BCUT2D eigenvalue weighted by Crippen LogP contribution is 2.35. The van der Waals surface area contributed by atoms with Crippen molar-refractivity contribution in [2.24, 2.45) is 0 Å². The predicted molar refractivity (Wildman–Crippen MR) is 76.6 cm³/mol. The number of hydrogen-bond acceptors (Lipinski definition) is 2. The Morgan fingerprint density at radius 2 is 2.11 bits per heavy atom. The Labute approximate surface area is 116 Å². The minimum atomic E-state index is 0.571. The summed E-state index contributed by atoms with van der Waals surface area (Å²) in [5, 5.41) is 5.51. The normalized spacial score (nSPS) is 14.2. The second-order valence-corrected chi connectivity index (χ2v) is 5.44. The highest BCUT2D eigenvalue weighted by atomic mass is 35.5. The molecule has 0 saturated carbocycles. The van der Waals surface area contributed by atoms with Gasteiger partial charge in [-0.3, -0.25) is 4.98 Å². The van der Waals surface area contributed by atoms with Crippen LogP contribution in [0.4, 0.5) is 0 Å². The summed E-state index contributed by atoms with van der Waals surface area (Å²) in [6.07, 6.45) is 3.35. The molecule has 0 aliphatic heterocycles. The lowest BCUT2D eigenvalue weighted by atomic mass is 10.0. The predicted octanol–water partition coefficient (Wildman–Crippen LogP) is 3.75. The lowest BCUT2D eigenvalue weighted by Crippen LogP contribution is -2.09. The number of aromatic nitrogens is 1. The fraction of sp³-hybridized carbons (Fsp3) is 0.357. The van der Waals surface area contributed by atoms with Gasteiger partial charge in [0.15, 0.2) is 0 Å². The minimum absolute atomic E-state index is 0.571. The highest BCUT2D eigenvalue weighted by molar-refractivity contribution is 6.45. The van der Waals surface area contributed by atoms with Crippen LogP contribution in [0.25, 0.3) is 10.9 Å². The van der Waals surface area contributed by atoms with Crippen LogP contribution >= 0.6 is 23.2 Å². The summed E-state index contributed by atoms with van der Waals surface area (Å²) in [4.78, 5) is 4.71. The van der Waals surface area contributed by atoms with Crippen molar-refractivity contribution in [1.29, 1.82) is 0 Å². The number of nitrogens with one attached hydrogen (secondary N) is 1. The van der Waals surface area contributed by atoms with Crippen LogP contribution in [-0.2, 0) is 19.4 Å². The number of nitrogens with zero attached hydrogens (tertiary/aromatic N) is 1. The molecule has 2 nitrogen and oxygen atoms in total. The summed E-state index contributed by atoms with van der Waals surface area (Å²) in [6, 6.07) is 3.89. The molecule has 3 rings (SSSR count). The summed E-state index contributed by atoms with van der Waals surface area (Å²) >= 11 is 12.4. The van der Waals surface area contributed by atoms with E-state index in [0.717, 1.165) is 30.3 Å². The van der Waals surface area contributed by atoms with Gasteiger partial charge in [0.25, 0.3) is 0 Å². The summed E-state index contributed by atoms with van der Waals surface area (Å²) in [6.45, 7) is 0.847. The van der Waals surface area contributed by atoms with E-state index in [4.69, 9.17) is 28.2 Å². The number of halogens is 2. The fourth-order valence-electron chi connectivity index (χ4n) is 2.75. The van der Waals surface area contributed by atoms with Crippen molar-refractivity contribution in [2.75, 3.05) is 7.05 Å². The van der Waals surface area contributed by atoms with Crippen molar-refractivity contribution in [2.45, 2.75) is 25.8 Å². The molecule has 18 heavy (non-hydrogen) atoms. The average molecular weight is 281 g/mol. The van der Waals surface area contributed by atoms with Gasteiger partial charge in [0.05, 0.1) is 15.6 Å². The number of fused-ring (bicyclic) bond motifs is 2. The second kappa shape index (κ2) is 4.69. The quantitative estimate of drug-likeness (QED) is 0.906. The third-order valence-corrected chi connectivity index (χ3v) is 4.34. The molecular weight excluding hydrogens is 267 g/mol. The molecular formula is C14H14Cl2N2. The first-order valence-electron chi connectivity index (χ1n) is 6.15. The number of benzene rings is 1. The smallest absolute Gasteiger partial charge is 0.0910 e. The molecule has 0 spiro atoms. The third kappa shape index (κ3) is 1.80. The van der Waals surface area contributed by atoms with Gasteiger partial charge in [-0.05, 0) is 43.5 Å². The number of hydrogen-bond donors (Lipinski definition) is 1. The molecule has 0 unspecified atom stereocenters. The summed E-state index contributed by atoms with van der Waals surface area (Å²) in [5.74, 6) is 0.